The molecule has 0 spiro atoms. The van der Waals surface area contributed by atoms with Gasteiger partial charge in [-0.25, -0.2) is 5.10 Å². The molecule has 7 heteroatoms. The Labute approximate surface area is 109 Å². The molecule has 19 heavy (non-hydrogen) atoms. The van der Waals surface area contributed by atoms with Gasteiger partial charge in [0.25, 0.3) is 11.5 Å². The van der Waals surface area contributed by atoms with Crippen LogP contribution < -0.4 is 5.56 Å². The van der Waals surface area contributed by atoms with Gasteiger partial charge in [-0.15, -0.1) is 6.42 Å². The molecule has 0 fully saturated rings. The molecule has 7 nitrogen and oxygen atoms in total. The largest absolute Gasteiger partial charge is 0.480 e. The van der Waals surface area contributed by atoms with Gasteiger partial charge in [0.2, 0.25) is 0 Å². The minimum Gasteiger partial charge on any atom is -0.480 e. The van der Waals surface area contributed by atoms with E-state index in [1.165, 1.54) is 0 Å². The number of carbonyl (C=O) groups is 2. The van der Waals surface area contributed by atoms with E-state index in [0.29, 0.717) is 11.3 Å². The molecule has 0 radical (unpaired) electrons. The number of hydrogen-bond acceptors (Lipinski definition) is 4. The zero-order chi connectivity index (χ0) is 14.6. The van der Waals surface area contributed by atoms with Crippen molar-refractivity contribution in [3.63, 3.8) is 0 Å². The smallest absolute Gasteiger partial charge is 0.323 e. The van der Waals surface area contributed by atoms with Crippen LogP contribution in [0.25, 0.3) is 0 Å². The molecule has 0 saturated heterocycles. The molecular weight excluding hydrogens is 250 g/mol. The summed E-state index contributed by atoms with van der Waals surface area (Å²) in [4.78, 5) is 35.5. The van der Waals surface area contributed by atoms with Gasteiger partial charge in [-0.2, -0.15) is 5.10 Å². The SMILES string of the molecule is C#CCN(CC(=O)O)C(=O)c1c(C)c(C)n[nH]c1=O. The molecule has 1 aromatic heterocycles. The summed E-state index contributed by atoms with van der Waals surface area (Å²) in [6.07, 6.45) is 5.09. The fourth-order valence-corrected chi connectivity index (χ4v) is 1.51. The summed E-state index contributed by atoms with van der Waals surface area (Å²) in [6.45, 7) is 2.44. The molecule has 100 valence electrons. The maximum atomic E-state index is 12.2. The molecule has 0 saturated carbocycles. The van der Waals surface area contributed by atoms with Crippen LogP contribution in [0.1, 0.15) is 21.6 Å². The number of aromatic nitrogens is 2. The van der Waals surface area contributed by atoms with Crippen molar-refractivity contribution >= 4 is 11.9 Å². The van der Waals surface area contributed by atoms with Gasteiger partial charge in [0.15, 0.2) is 0 Å². The molecule has 0 aliphatic heterocycles. The minimum absolute atomic E-state index is 0.135. The van der Waals surface area contributed by atoms with Crippen molar-refractivity contribution in [3.8, 4) is 12.3 Å². The van der Waals surface area contributed by atoms with E-state index >= 15 is 0 Å². The van der Waals surface area contributed by atoms with Gasteiger partial charge in [0.05, 0.1) is 12.2 Å². The van der Waals surface area contributed by atoms with E-state index in [0.717, 1.165) is 4.90 Å². The van der Waals surface area contributed by atoms with Crippen molar-refractivity contribution in [1.29, 1.82) is 0 Å². The number of H-pyrrole nitrogens is 1. The fraction of sp³-hybridized carbons (Fsp3) is 0.333. The number of amides is 1. The summed E-state index contributed by atoms with van der Waals surface area (Å²) < 4.78 is 0. The Morgan fingerprint density at radius 1 is 1.47 bits per heavy atom. The zero-order valence-corrected chi connectivity index (χ0v) is 10.6. The standard InChI is InChI=1S/C12H13N3O4/c1-4-5-15(6-9(16)17)12(19)10-7(2)8(3)13-14-11(10)18/h1H,5-6H2,2-3H3,(H,14,18)(H,16,17). The average Bonchev–Trinajstić information content (AvgIpc) is 2.33. The Balaban J connectivity index is 3.24. The third-order valence-electron chi connectivity index (χ3n) is 2.58. The molecule has 1 amide bonds. The normalized spacial score (nSPS) is 9.74. The Morgan fingerprint density at radius 2 is 2.11 bits per heavy atom. The predicted molar refractivity (Wildman–Crippen MR) is 66.7 cm³/mol. The number of aromatic amines is 1. The summed E-state index contributed by atoms with van der Waals surface area (Å²) >= 11 is 0. The summed E-state index contributed by atoms with van der Waals surface area (Å²) in [5.74, 6) is 0.268. The number of carboxylic acid groups (broad SMARTS) is 1. The molecule has 0 aliphatic carbocycles. The lowest BCUT2D eigenvalue weighted by molar-refractivity contribution is -0.137. The third kappa shape index (κ3) is 3.19. The second kappa shape index (κ2) is 5.82. The van der Waals surface area contributed by atoms with E-state index in [1.54, 1.807) is 13.8 Å². The number of carboxylic acids is 1. The molecule has 0 bridgehead atoms. The first kappa shape index (κ1) is 14.4. The van der Waals surface area contributed by atoms with Crippen molar-refractivity contribution in [2.24, 2.45) is 0 Å². The maximum Gasteiger partial charge on any atom is 0.323 e. The summed E-state index contributed by atoms with van der Waals surface area (Å²) in [5, 5.41) is 14.6. The molecule has 0 unspecified atom stereocenters. The van der Waals surface area contributed by atoms with Crippen molar-refractivity contribution in [2.45, 2.75) is 13.8 Å². The highest BCUT2D eigenvalue weighted by Crippen LogP contribution is 2.08. The van der Waals surface area contributed by atoms with Crippen molar-refractivity contribution < 1.29 is 14.7 Å². The number of nitrogens with zero attached hydrogens (tertiary/aromatic N) is 2. The lowest BCUT2D eigenvalue weighted by atomic mass is 10.1. The number of rotatable bonds is 4. The molecule has 1 rings (SSSR count). The molecule has 0 atom stereocenters. The van der Waals surface area contributed by atoms with Crippen LogP contribution in [0, 0.1) is 26.2 Å². The van der Waals surface area contributed by atoms with Crippen LogP contribution in [0.5, 0.6) is 0 Å². The first-order valence-corrected chi connectivity index (χ1v) is 5.39. The van der Waals surface area contributed by atoms with Crippen molar-refractivity contribution in [3.05, 3.63) is 27.2 Å². The van der Waals surface area contributed by atoms with Gasteiger partial charge >= 0.3 is 5.97 Å². The van der Waals surface area contributed by atoms with Crippen LogP contribution >= 0.6 is 0 Å². The number of hydrogen-bond donors (Lipinski definition) is 2. The second-order valence-electron chi connectivity index (χ2n) is 3.90. The predicted octanol–water partition coefficient (Wildman–Crippen LogP) is -0.453. The highest BCUT2D eigenvalue weighted by atomic mass is 16.4. The first-order chi connectivity index (χ1) is 8.88. The lowest BCUT2D eigenvalue weighted by Gasteiger charge is -2.18. The number of carbonyl (C=O) groups excluding carboxylic acids is 1. The maximum absolute atomic E-state index is 12.2. The van der Waals surface area contributed by atoms with E-state index in [4.69, 9.17) is 11.5 Å². The number of nitrogens with one attached hydrogen (secondary N) is 1. The van der Waals surface area contributed by atoms with E-state index in [9.17, 15) is 14.4 Å². The quantitative estimate of drug-likeness (QED) is 0.716. The number of aliphatic carboxylic acids is 1. The monoisotopic (exact) mass is 263 g/mol. The summed E-state index contributed by atoms with van der Waals surface area (Å²) in [7, 11) is 0. The number of aryl methyl sites for hydroxylation is 1. The van der Waals surface area contributed by atoms with Crippen molar-refractivity contribution in [1.82, 2.24) is 15.1 Å². The van der Waals surface area contributed by atoms with Gasteiger partial charge in [-0.05, 0) is 19.4 Å². The van der Waals surface area contributed by atoms with E-state index in [-0.39, 0.29) is 12.1 Å². The molecule has 2 N–H and O–H groups in total. The van der Waals surface area contributed by atoms with Gasteiger partial charge in [0.1, 0.15) is 12.1 Å². The summed E-state index contributed by atoms with van der Waals surface area (Å²) in [6, 6.07) is 0. The highest BCUT2D eigenvalue weighted by Gasteiger charge is 2.23. The number of terminal acetylenes is 1. The molecule has 0 aliphatic rings. The first-order valence-electron chi connectivity index (χ1n) is 5.39. The third-order valence-corrected chi connectivity index (χ3v) is 2.58. The molecule has 1 aromatic rings. The van der Waals surface area contributed by atoms with E-state index < -0.39 is 24.0 Å². The van der Waals surface area contributed by atoms with E-state index in [2.05, 4.69) is 16.1 Å². The Bertz CT molecular complexity index is 612. The zero-order valence-electron chi connectivity index (χ0n) is 10.6. The lowest BCUT2D eigenvalue weighted by Crippen LogP contribution is -2.39. The highest BCUT2D eigenvalue weighted by molar-refractivity contribution is 5.97. The van der Waals surface area contributed by atoms with Gasteiger partial charge in [-0.1, -0.05) is 5.92 Å². The Morgan fingerprint density at radius 3 is 2.63 bits per heavy atom. The van der Waals surface area contributed by atoms with Gasteiger partial charge < -0.3 is 10.0 Å². The Kier molecular flexibility index (Phi) is 4.42. The van der Waals surface area contributed by atoms with Gasteiger partial charge in [-0.3, -0.25) is 14.4 Å². The fourth-order valence-electron chi connectivity index (χ4n) is 1.51. The molecule has 0 aromatic carbocycles. The average molecular weight is 263 g/mol. The van der Waals surface area contributed by atoms with Crippen molar-refractivity contribution in [2.75, 3.05) is 13.1 Å². The Hall–Kier alpha value is -2.62. The van der Waals surface area contributed by atoms with Crippen LogP contribution in [0.4, 0.5) is 0 Å². The van der Waals surface area contributed by atoms with Crippen LogP contribution in [0.15, 0.2) is 4.79 Å². The van der Waals surface area contributed by atoms with Crippen LogP contribution in [-0.2, 0) is 4.79 Å². The van der Waals surface area contributed by atoms with Gasteiger partial charge in [0, 0.05) is 0 Å². The van der Waals surface area contributed by atoms with Crippen LogP contribution in [0.2, 0.25) is 0 Å². The van der Waals surface area contributed by atoms with Crippen LogP contribution in [0.3, 0.4) is 0 Å². The van der Waals surface area contributed by atoms with E-state index in [1.807, 2.05) is 0 Å². The topological polar surface area (TPSA) is 103 Å². The molecular formula is C12H13N3O4. The van der Waals surface area contributed by atoms with Crippen LogP contribution in [-0.4, -0.2) is 45.2 Å². The second-order valence-corrected chi connectivity index (χ2v) is 3.90. The summed E-state index contributed by atoms with van der Waals surface area (Å²) in [5.41, 5.74) is 0.0876. The molecule has 1 heterocycles. The minimum atomic E-state index is -1.21.